The minimum Gasteiger partial charge on any atom is -0.350 e. The standard InChI is InChI=1S/C17H25N3O3/c1-6-20(11-15(22)19-17(3,4)5)16(23)13-8-7-9-14(10-13)18-12(2)21/h7-10H,6,11H2,1-5H3,(H,18,21)(H,19,22). The van der Waals surface area contributed by atoms with Crippen LogP contribution in [0.5, 0.6) is 0 Å². The van der Waals surface area contributed by atoms with E-state index in [2.05, 4.69) is 10.6 Å². The molecule has 6 nitrogen and oxygen atoms in total. The Morgan fingerprint density at radius 3 is 2.35 bits per heavy atom. The molecule has 0 bridgehead atoms. The predicted octanol–water partition coefficient (Wildman–Crippen LogP) is 2.02. The monoisotopic (exact) mass is 319 g/mol. The molecule has 23 heavy (non-hydrogen) atoms. The third-order valence-electron chi connectivity index (χ3n) is 2.95. The number of nitrogens with one attached hydrogen (secondary N) is 2. The lowest BCUT2D eigenvalue weighted by molar-refractivity contribution is -0.123. The van der Waals surface area contributed by atoms with Crippen LogP contribution in [0.3, 0.4) is 0 Å². The molecule has 6 heteroatoms. The molecule has 0 aliphatic carbocycles. The summed E-state index contributed by atoms with van der Waals surface area (Å²) in [5, 5.41) is 5.48. The highest BCUT2D eigenvalue weighted by atomic mass is 16.2. The van der Waals surface area contributed by atoms with Gasteiger partial charge in [-0.05, 0) is 45.9 Å². The average Bonchev–Trinajstić information content (AvgIpc) is 2.41. The summed E-state index contributed by atoms with van der Waals surface area (Å²) < 4.78 is 0. The zero-order chi connectivity index (χ0) is 17.6. The second kappa shape index (κ2) is 7.76. The fraction of sp³-hybridized carbons (Fsp3) is 0.471. The Hall–Kier alpha value is -2.37. The summed E-state index contributed by atoms with van der Waals surface area (Å²) in [5.41, 5.74) is 0.644. The van der Waals surface area contributed by atoms with Crippen LogP contribution in [0.15, 0.2) is 24.3 Å². The maximum atomic E-state index is 12.5. The Balaban J connectivity index is 2.84. The average molecular weight is 319 g/mol. The second-order valence-corrected chi connectivity index (χ2v) is 6.38. The molecule has 1 aromatic carbocycles. The van der Waals surface area contributed by atoms with Crippen molar-refractivity contribution in [3.05, 3.63) is 29.8 Å². The highest BCUT2D eigenvalue weighted by molar-refractivity contribution is 5.98. The normalized spacial score (nSPS) is 10.8. The first-order valence-electron chi connectivity index (χ1n) is 7.60. The van der Waals surface area contributed by atoms with Crippen LogP contribution in [0, 0.1) is 0 Å². The third kappa shape index (κ3) is 6.50. The van der Waals surface area contributed by atoms with Gasteiger partial charge in [-0.2, -0.15) is 0 Å². The van der Waals surface area contributed by atoms with E-state index in [1.807, 2.05) is 27.7 Å². The van der Waals surface area contributed by atoms with Crippen LogP contribution in [0.1, 0.15) is 45.0 Å². The Morgan fingerprint density at radius 1 is 1.17 bits per heavy atom. The van der Waals surface area contributed by atoms with Gasteiger partial charge in [0.05, 0.1) is 6.54 Å². The van der Waals surface area contributed by atoms with Crippen molar-refractivity contribution in [3.63, 3.8) is 0 Å². The number of amides is 3. The molecule has 0 fully saturated rings. The first-order valence-corrected chi connectivity index (χ1v) is 7.60. The van der Waals surface area contributed by atoms with Crippen molar-refractivity contribution in [2.45, 2.75) is 40.2 Å². The fourth-order valence-electron chi connectivity index (χ4n) is 2.07. The summed E-state index contributed by atoms with van der Waals surface area (Å²) in [6.07, 6.45) is 0. The quantitative estimate of drug-likeness (QED) is 0.871. The Labute approximate surface area is 137 Å². The van der Waals surface area contributed by atoms with Crippen LogP contribution in [0.2, 0.25) is 0 Å². The number of likely N-dealkylation sites (N-methyl/N-ethyl adjacent to an activating group) is 1. The fourth-order valence-corrected chi connectivity index (χ4v) is 2.07. The molecule has 0 spiro atoms. The molecule has 0 radical (unpaired) electrons. The summed E-state index contributed by atoms with van der Waals surface area (Å²) in [5.74, 6) is -0.652. The first-order chi connectivity index (χ1) is 10.6. The molecule has 0 saturated heterocycles. The summed E-state index contributed by atoms with van der Waals surface area (Å²) in [6, 6.07) is 6.67. The Morgan fingerprint density at radius 2 is 1.83 bits per heavy atom. The van der Waals surface area contributed by atoms with E-state index in [1.54, 1.807) is 24.3 Å². The molecule has 0 heterocycles. The number of carbonyl (C=O) groups is 3. The molecule has 0 unspecified atom stereocenters. The van der Waals surface area contributed by atoms with Crippen LogP contribution >= 0.6 is 0 Å². The van der Waals surface area contributed by atoms with Crippen molar-refractivity contribution in [2.75, 3.05) is 18.4 Å². The minimum atomic E-state index is -0.342. The summed E-state index contributed by atoms with van der Waals surface area (Å²) in [6.45, 7) is 9.31. The largest absolute Gasteiger partial charge is 0.350 e. The number of benzene rings is 1. The molecule has 0 aliphatic rings. The van der Waals surface area contributed by atoms with Crippen LogP contribution in [0.4, 0.5) is 5.69 Å². The van der Waals surface area contributed by atoms with Crippen LogP contribution in [0.25, 0.3) is 0 Å². The lowest BCUT2D eigenvalue weighted by Gasteiger charge is -2.25. The first kappa shape index (κ1) is 18.7. The topological polar surface area (TPSA) is 78.5 Å². The van der Waals surface area contributed by atoms with Gasteiger partial charge in [0.15, 0.2) is 0 Å². The van der Waals surface area contributed by atoms with Crippen molar-refractivity contribution in [1.82, 2.24) is 10.2 Å². The summed E-state index contributed by atoms with van der Waals surface area (Å²) in [7, 11) is 0. The van der Waals surface area contributed by atoms with E-state index in [0.717, 1.165) is 0 Å². The van der Waals surface area contributed by atoms with Crippen molar-refractivity contribution >= 4 is 23.4 Å². The maximum Gasteiger partial charge on any atom is 0.254 e. The van der Waals surface area contributed by atoms with Crippen LogP contribution in [-0.2, 0) is 9.59 Å². The molecule has 0 atom stereocenters. The van der Waals surface area contributed by atoms with Crippen molar-refractivity contribution in [3.8, 4) is 0 Å². The Kier molecular flexibility index (Phi) is 6.30. The zero-order valence-electron chi connectivity index (χ0n) is 14.4. The number of anilines is 1. The smallest absolute Gasteiger partial charge is 0.254 e. The van der Waals surface area contributed by atoms with Gasteiger partial charge >= 0.3 is 0 Å². The molecular weight excluding hydrogens is 294 g/mol. The number of carbonyl (C=O) groups excluding carboxylic acids is 3. The predicted molar refractivity (Wildman–Crippen MR) is 90.2 cm³/mol. The van der Waals surface area contributed by atoms with Gasteiger partial charge in [0.2, 0.25) is 11.8 Å². The van der Waals surface area contributed by atoms with E-state index >= 15 is 0 Å². The molecule has 126 valence electrons. The lowest BCUT2D eigenvalue weighted by Crippen LogP contribution is -2.47. The molecule has 3 amide bonds. The van der Waals surface area contributed by atoms with E-state index in [0.29, 0.717) is 17.8 Å². The number of rotatable bonds is 5. The van der Waals surface area contributed by atoms with Gasteiger partial charge in [-0.3, -0.25) is 14.4 Å². The van der Waals surface area contributed by atoms with E-state index in [-0.39, 0.29) is 29.8 Å². The van der Waals surface area contributed by atoms with E-state index < -0.39 is 0 Å². The molecule has 1 aromatic rings. The van der Waals surface area contributed by atoms with Gasteiger partial charge in [-0.1, -0.05) is 6.07 Å². The van der Waals surface area contributed by atoms with Gasteiger partial charge in [-0.15, -0.1) is 0 Å². The van der Waals surface area contributed by atoms with E-state index in [1.165, 1.54) is 11.8 Å². The number of hydrogen-bond donors (Lipinski definition) is 2. The number of hydrogen-bond acceptors (Lipinski definition) is 3. The molecule has 2 N–H and O–H groups in total. The molecule has 0 saturated carbocycles. The number of nitrogens with zero attached hydrogens (tertiary/aromatic N) is 1. The van der Waals surface area contributed by atoms with Crippen molar-refractivity contribution in [2.24, 2.45) is 0 Å². The van der Waals surface area contributed by atoms with Crippen LogP contribution < -0.4 is 10.6 Å². The summed E-state index contributed by atoms with van der Waals surface area (Å²) >= 11 is 0. The highest BCUT2D eigenvalue weighted by Crippen LogP contribution is 2.13. The lowest BCUT2D eigenvalue weighted by atomic mass is 10.1. The minimum absolute atomic E-state index is 0.00301. The zero-order valence-corrected chi connectivity index (χ0v) is 14.4. The van der Waals surface area contributed by atoms with Gasteiger partial charge in [0.25, 0.3) is 5.91 Å². The van der Waals surface area contributed by atoms with Crippen molar-refractivity contribution < 1.29 is 14.4 Å². The summed E-state index contributed by atoms with van der Waals surface area (Å²) in [4.78, 5) is 37.1. The van der Waals surface area contributed by atoms with Crippen LogP contribution in [-0.4, -0.2) is 41.2 Å². The van der Waals surface area contributed by atoms with Gasteiger partial charge < -0.3 is 15.5 Å². The van der Waals surface area contributed by atoms with Gasteiger partial charge in [-0.25, -0.2) is 0 Å². The van der Waals surface area contributed by atoms with Gasteiger partial charge in [0.1, 0.15) is 0 Å². The Bertz CT molecular complexity index is 591. The maximum absolute atomic E-state index is 12.5. The second-order valence-electron chi connectivity index (χ2n) is 6.38. The molecular formula is C17H25N3O3. The molecule has 0 aromatic heterocycles. The van der Waals surface area contributed by atoms with Gasteiger partial charge in [0, 0.05) is 30.3 Å². The van der Waals surface area contributed by atoms with E-state index in [9.17, 15) is 14.4 Å². The highest BCUT2D eigenvalue weighted by Gasteiger charge is 2.20. The van der Waals surface area contributed by atoms with E-state index in [4.69, 9.17) is 0 Å². The SMILES string of the molecule is CCN(CC(=O)NC(C)(C)C)C(=O)c1cccc(NC(C)=O)c1. The third-order valence-corrected chi connectivity index (χ3v) is 2.95. The van der Waals surface area contributed by atoms with Crippen molar-refractivity contribution in [1.29, 1.82) is 0 Å². The molecule has 1 rings (SSSR count). The molecule has 0 aliphatic heterocycles.